The van der Waals surface area contributed by atoms with Crippen molar-refractivity contribution in [3.05, 3.63) is 233 Å². The summed E-state index contributed by atoms with van der Waals surface area (Å²) in [6, 6.07) is 35.1. The number of rotatable bonds is 8. The number of fused-ring (bicyclic) bond motifs is 28. The maximum atomic E-state index is 14.6. The highest BCUT2D eigenvalue weighted by molar-refractivity contribution is 7.97. The molecule has 6 N–H and O–H groups in total. The van der Waals surface area contributed by atoms with Gasteiger partial charge in [0.1, 0.15) is 57.5 Å². The van der Waals surface area contributed by atoms with E-state index in [-0.39, 0.29) is 119 Å². The molecule has 1 amide bonds. The second kappa shape index (κ2) is 43.4. The van der Waals surface area contributed by atoms with E-state index in [1.807, 2.05) is 32.2 Å². The Kier molecular flexibility index (Phi) is 31.7. The first kappa shape index (κ1) is 97.3. The molecule has 5 unspecified atom stereocenters. The average molecular weight is 1910 g/mol. The van der Waals surface area contributed by atoms with Crippen molar-refractivity contribution >= 4 is 93.7 Å². The molecule has 16 rings (SSSR count). The maximum Gasteiger partial charge on any atom is 0.442 e. The fourth-order valence-corrected chi connectivity index (χ4v) is 16.9. The van der Waals surface area contributed by atoms with E-state index in [0.717, 1.165) is 36.1 Å². The van der Waals surface area contributed by atoms with Crippen molar-refractivity contribution in [1.82, 2.24) is 44.9 Å². The molecule has 0 spiro atoms. The van der Waals surface area contributed by atoms with E-state index in [1.54, 1.807) is 81.1 Å². The number of carbonyl (C=O) groups is 1. The molecule has 0 fully saturated rings. The summed E-state index contributed by atoms with van der Waals surface area (Å²) in [6.45, 7) is 10.4. The zero-order valence-corrected chi connectivity index (χ0v) is 76.8. The quantitative estimate of drug-likeness (QED) is 0.0770. The predicted octanol–water partition coefficient (Wildman–Crippen LogP) is 21.0. The van der Waals surface area contributed by atoms with Gasteiger partial charge in [-0.3, -0.25) is 9.56 Å². The van der Waals surface area contributed by atoms with Crippen LogP contribution in [0.15, 0.2) is 169 Å². The van der Waals surface area contributed by atoms with Crippen molar-refractivity contribution in [2.24, 2.45) is 4.36 Å². The van der Waals surface area contributed by atoms with Gasteiger partial charge < -0.3 is 63.9 Å². The van der Waals surface area contributed by atoms with Gasteiger partial charge in [-0.2, -0.15) is 21.7 Å². The molecule has 0 saturated heterocycles. The highest BCUT2D eigenvalue weighted by Crippen LogP contribution is 2.38. The Morgan fingerprint density at radius 1 is 0.436 bits per heavy atom. The van der Waals surface area contributed by atoms with Crippen molar-refractivity contribution in [1.29, 1.82) is 9.56 Å². The number of carbonyl (C=O) groups excluding carboxylic acids is 1. The molecule has 24 bridgehead atoms. The maximum absolute atomic E-state index is 14.6. The lowest BCUT2D eigenvalue weighted by Gasteiger charge is -2.17. The Labute approximate surface area is 767 Å². The number of benzene rings is 6. The van der Waals surface area contributed by atoms with Gasteiger partial charge in [-0.1, -0.05) is 6.07 Å². The summed E-state index contributed by atoms with van der Waals surface area (Å²) in [5.74, 6) is -0.626. The molecule has 6 aromatic carbocycles. The van der Waals surface area contributed by atoms with Gasteiger partial charge >= 0.3 is 6.09 Å². The van der Waals surface area contributed by atoms with Crippen LogP contribution in [0.5, 0.6) is 46.3 Å². The second-order valence-electron chi connectivity index (χ2n) is 32.3. The topological polar surface area (TPSA) is 376 Å². The van der Waals surface area contributed by atoms with Crippen LogP contribution in [-0.4, -0.2) is 146 Å². The third-order valence-electron chi connectivity index (χ3n) is 19.2. The zero-order valence-electron chi connectivity index (χ0n) is 73.5. The van der Waals surface area contributed by atoms with Gasteiger partial charge in [-0.25, -0.2) is 87.4 Å². The standard InChI is InChI=1S/C26H28F2N4O5S.C23H24F2N4O3S.C22H22F2N4O2S.C21H20F2N4O3S/c1-26(2,3)37-25(33)32-38(4,34)15-16-10-18-13-19(11-16)35-8-5-9-36-22-12-17(6-7-20(22)27)23-21(28)14-29-24(30-18)31-23;1-14-4-3-7-31-20-10-16(5-6-18(20)24)17-11-21(27-12-19(17)25)28-22-8-15(13-33(2,26)30)9-23(29-22)32-14;1-13-4-3-7-29-18-10-15(5-6-16(18)23)21-17(24)11-25-22(28-21)27-19-8-14(12-31-2)9-20(26-19)30-13;1-31(24,28)12-13-7-15-10-16(8-13)29-5-2-6-30-19-9-14(3-4-17(19)22)20-18(23)11-25-21(26-15)27-20/h6-7,10-14H,5,8-9,15H2,1-4H3,(H,29,30,31);5-6,8-12,14,26H,3-4,7,13H2,1-2H3,(H,27,28,29);5-6,8-11,13H,3-4,7,12H2,1-2H3,(H,25,26,27,28);3-4,7-11,24H,2,5-6,12H2,1H3,(H,25,26,27). The number of ether oxygens (including phenoxy) is 9. The minimum atomic E-state index is -3.00. The van der Waals surface area contributed by atoms with Gasteiger partial charge in [0.25, 0.3) is 0 Å². The molecule has 41 heteroatoms. The number of halogens is 8. The first-order valence-electron chi connectivity index (χ1n) is 41.6. The molecule has 133 heavy (non-hydrogen) atoms. The van der Waals surface area contributed by atoms with E-state index in [4.69, 9.17) is 52.2 Å². The number of aromatic nitrogens is 9. The van der Waals surface area contributed by atoms with E-state index in [1.165, 1.54) is 97.6 Å². The molecule has 0 aliphatic carbocycles. The van der Waals surface area contributed by atoms with Crippen LogP contribution >= 0.6 is 11.8 Å². The molecule has 4 aliphatic heterocycles. The van der Waals surface area contributed by atoms with Crippen LogP contribution in [0.1, 0.15) is 95.4 Å². The van der Waals surface area contributed by atoms with Crippen molar-refractivity contribution in [2.75, 3.05) is 85.9 Å². The Bertz CT molecular complexity index is 6650. The van der Waals surface area contributed by atoms with Crippen LogP contribution in [-0.2, 0) is 56.9 Å². The van der Waals surface area contributed by atoms with E-state index in [9.17, 15) is 52.5 Å². The lowest BCUT2D eigenvalue weighted by Crippen LogP contribution is -2.22. The number of hydrogen-bond acceptors (Lipinski definition) is 29. The second-order valence-corrected chi connectivity index (χ2v) is 40.1. The summed E-state index contributed by atoms with van der Waals surface area (Å²) in [4.78, 5) is 50.0. The lowest BCUT2D eigenvalue weighted by molar-refractivity contribution is 0.0607. The molecule has 29 nitrogen and oxygen atoms in total. The summed E-state index contributed by atoms with van der Waals surface area (Å²) < 4.78 is 222. The monoisotopic (exact) mass is 1910 g/mol. The van der Waals surface area contributed by atoms with Gasteiger partial charge in [-0.05, 0) is 204 Å². The normalized spacial score (nSPS) is 16.0. The third kappa shape index (κ3) is 28.9. The first-order valence-corrected chi connectivity index (χ1v) is 49.3. The highest BCUT2D eigenvalue weighted by Gasteiger charge is 2.25. The van der Waals surface area contributed by atoms with Gasteiger partial charge in [0.15, 0.2) is 63.7 Å². The molecule has 5 atom stereocenters. The molecule has 6 aromatic heterocycles. The number of anilines is 8. The Morgan fingerprint density at radius 3 is 1.26 bits per heavy atom. The fourth-order valence-electron chi connectivity index (χ4n) is 13.6. The smallest absolute Gasteiger partial charge is 0.442 e. The minimum Gasteiger partial charge on any atom is -0.493 e. The van der Waals surface area contributed by atoms with Crippen molar-refractivity contribution in [2.45, 2.75) is 114 Å². The van der Waals surface area contributed by atoms with Gasteiger partial charge in [0.05, 0.1) is 104 Å². The molecule has 4 aliphatic rings. The summed E-state index contributed by atoms with van der Waals surface area (Å²) in [5.41, 5.74) is 4.81. The molecular formula is C92H94F8N16O13S4. The Hall–Kier alpha value is -13.3. The molecular weight excluding hydrogens is 1820 g/mol. The van der Waals surface area contributed by atoms with Crippen molar-refractivity contribution < 1.29 is 95.2 Å². The molecule has 10 heterocycles. The largest absolute Gasteiger partial charge is 0.493 e. The summed E-state index contributed by atoms with van der Waals surface area (Å²) in [7, 11) is -8.58. The number of nitrogens with zero attached hydrogens (tertiary/aromatic N) is 10. The van der Waals surface area contributed by atoms with Crippen LogP contribution in [0, 0.1) is 56.1 Å². The summed E-state index contributed by atoms with van der Waals surface area (Å²) >= 11 is 1.68. The molecule has 0 saturated carbocycles. The molecule has 12 aromatic rings. The van der Waals surface area contributed by atoms with Crippen LogP contribution in [0.3, 0.4) is 0 Å². The van der Waals surface area contributed by atoms with Crippen LogP contribution < -0.4 is 59.2 Å². The van der Waals surface area contributed by atoms with Gasteiger partial charge in [0.2, 0.25) is 29.6 Å². The van der Waals surface area contributed by atoms with Crippen LogP contribution in [0.2, 0.25) is 0 Å². The summed E-state index contributed by atoms with van der Waals surface area (Å²) in [6.07, 6.45) is 12.5. The van der Waals surface area contributed by atoms with Crippen molar-refractivity contribution in [3.8, 4) is 91.2 Å². The third-order valence-corrected chi connectivity index (χ3v) is 23.0. The van der Waals surface area contributed by atoms with Crippen LogP contribution in [0.25, 0.3) is 44.9 Å². The van der Waals surface area contributed by atoms with Gasteiger partial charge in [-0.15, -0.1) is 4.36 Å². The SMILES string of the molecule is CC(C)(C)OC(=O)N=S(C)(=O)Cc1cc2cc(c1)OCCCOc1cc(ccc1F)-c1nc(ncc1F)N2.CC1CCCOc2cc(ccc2F)-c2cc(ncc2F)Nc2cc(CS(C)(=N)=O)cc(n2)O1.CS(=N)(=O)Cc1cc2cc(c1)OCCCOc1cc(ccc1F)-c1nc(ncc1F)N2.CSCc1cc2nc(c1)OC(C)CCCOc1cc(ccc1F)-c1nc(ncc1F)N2. The first-order chi connectivity index (χ1) is 63.3. The number of pyridine rings is 3. The highest BCUT2D eigenvalue weighted by atomic mass is 32.2. The minimum absolute atomic E-state index is 0.00380. The predicted molar refractivity (Wildman–Crippen MR) is 492 cm³/mol. The van der Waals surface area contributed by atoms with E-state index in [2.05, 4.69) is 70.5 Å². The average Bonchev–Trinajstić information content (AvgIpc) is 1.80. The number of nitrogens with one attached hydrogen (secondary N) is 6. The van der Waals surface area contributed by atoms with Crippen molar-refractivity contribution in [3.63, 3.8) is 0 Å². The summed E-state index contributed by atoms with van der Waals surface area (Å²) in [5, 5.41) is 12.1. The molecule has 0 radical (unpaired) electrons. The van der Waals surface area contributed by atoms with Crippen LogP contribution in [0.4, 0.5) is 86.6 Å². The number of hydrogen-bond donors (Lipinski definition) is 6. The van der Waals surface area contributed by atoms with E-state index >= 15 is 0 Å². The van der Waals surface area contributed by atoms with E-state index < -0.39 is 87.4 Å². The van der Waals surface area contributed by atoms with Gasteiger partial charge in [0, 0.05) is 115 Å². The zero-order chi connectivity index (χ0) is 94.9. The number of amides is 1. The Morgan fingerprint density at radius 2 is 0.820 bits per heavy atom. The molecule has 700 valence electrons. The van der Waals surface area contributed by atoms with E-state index in [0.29, 0.717) is 143 Å². The lowest BCUT2D eigenvalue weighted by atomic mass is 10.1. The number of thioether (sulfide) groups is 1. The fraction of sp³-hybridized carbons (Fsp3) is 0.304. The Balaban J connectivity index is 0.000000151.